The van der Waals surface area contributed by atoms with Gasteiger partial charge in [-0.25, -0.2) is 4.79 Å². The van der Waals surface area contributed by atoms with Crippen LogP contribution in [0.25, 0.3) is 0 Å². The topological polar surface area (TPSA) is 103 Å². The van der Waals surface area contributed by atoms with Gasteiger partial charge in [0.05, 0.1) is 5.02 Å². The Hall–Kier alpha value is -2.28. The summed E-state index contributed by atoms with van der Waals surface area (Å²) < 4.78 is 6.68. The van der Waals surface area contributed by atoms with Gasteiger partial charge in [-0.05, 0) is 12.1 Å². The maximum atomic E-state index is 11.1. The van der Waals surface area contributed by atoms with Gasteiger partial charge >= 0.3 is 12.0 Å². The van der Waals surface area contributed by atoms with Crippen molar-refractivity contribution in [1.29, 1.82) is 0 Å². The second-order valence-electron chi connectivity index (χ2n) is 3.49. The summed E-state index contributed by atoms with van der Waals surface area (Å²) in [5.41, 5.74) is 5.61. The number of carboxylic acids is 1. The van der Waals surface area contributed by atoms with Crippen LogP contribution >= 0.6 is 11.6 Å². The molecule has 0 saturated heterocycles. The van der Waals surface area contributed by atoms with E-state index in [1.807, 2.05) is 0 Å². The van der Waals surface area contributed by atoms with E-state index in [1.54, 1.807) is 7.05 Å². The van der Waals surface area contributed by atoms with Gasteiger partial charge in [-0.2, -0.15) is 4.98 Å². The molecule has 2 rings (SSSR count). The Balaban J connectivity index is 2.46. The van der Waals surface area contributed by atoms with Gasteiger partial charge < -0.3 is 15.6 Å². The number of aromatic carboxylic acids is 1. The maximum absolute atomic E-state index is 11.1. The van der Waals surface area contributed by atoms with Crippen molar-refractivity contribution in [3.63, 3.8) is 0 Å². The van der Waals surface area contributed by atoms with E-state index in [4.69, 9.17) is 27.2 Å². The Morgan fingerprint density at radius 3 is 2.83 bits per heavy atom. The molecular formula is C10H9ClN4O3. The number of aryl methyl sites for hydroxylation is 1. The van der Waals surface area contributed by atoms with E-state index in [1.165, 1.54) is 23.1 Å². The Bertz CT molecular complexity index is 611. The summed E-state index contributed by atoms with van der Waals surface area (Å²) in [6, 6.07) is 2.66. The lowest BCUT2D eigenvalue weighted by Crippen LogP contribution is -2.03. The van der Waals surface area contributed by atoms with E-state index >= 15 is 0 Å². The number of anilines is 1. The first kappa shape index (κ1) is 12.2. The quantitative estimate of drug-likeness (QED) is 0.819. The number of nitrogens with zero attached hydrogens (tertiary/aromatic N) is 3. The van der Waals surface area contributed by atoms with Crippen LogP contribution in [0.1, 0.15) is 10.4 Å². The van der Waals surface area contributed by atoms with Gasteiger partial charge in [0.15, 0.2) is 5.75 Å². The number of hydrogen-bond donors (Lipinski definition) is 2. The molecule has 7 nitrogen and oxygen atoms in total. The summed E-state index contributed by atoms with van der Waals surface area (Å²) in [6.45, 7) is 0. The van der Waals surface area contributed by atoms with E-state index in [-0.39, 0.29) is 28.0 Å². The van der Waals surface area contributed by atoms with E-state index in [9.17, 15) is 4.79 Å². The van der Waals surface area contributed by atoms with Crippen molar-refractivity contribution in [3.8, 4) is 11.8 Å². The van der Waals surface area contributed by atoms with Crippen LogP contribution in [0.2, 0.25) is 5.02 Å². The molecule has 0 aliphatic rings. The summed E-state index contributed by atoms with van der Waals surface area (Å²) in [7, 11) is 1.66. The number of rotatable bonds is 3. The molecule has 0 spiro atoms. The zero-order valence-corrected chi connectivity index (χ0v) is 10.0. The summed E-state index contributed by atoms with van der Waals surface area (Å²) in [5, 5.41) is 13.0. The minimum absolute atomic E-state index is 0.00618. The largest absolute Gasteiger partial charge is 0.478 e. The molecule has 18 heavy (non-hydrogen) atoms. The third-order valence-corrected chi connectivity index (χ3v) is 2.35. The van der Waals surface area contributed by atoms with Gasteiger partial charge in [0.25, 0.3) is 0 Å². The first-order chi connectivity index (χ1) is 8.47. The van der Waals surface area contributed by atoms with Gasteiger partial charge in [0.1, 0.15) is 11.9 Å². The number of benzene rings is 1. The lowest BCUT2D eigenvalue weighted by atomic mass is 10.2. The van der Waals surface area contributed by atoms with Gasteiger partial charge in [0, 0.05) is 12.7 Å². The number of nitrogens with two attached hydrogens (primary N) is 1. The Morgan fingerprint density at radius 1 is 1.56 bits per heavy atom. The highest BCUT2D eigenvalue weighted by Gasteiger charge is 2.18. The molecule has 1 heterocycles. The molecule has 0 fully saturated rings. The Morgan fingerprint density at radius 2 is 2.28 bits per heavy atom. The SMILES string of the molecule is Cn1cnc(Oc2c(Cl)cc(N)cc2C(=O)O)n1. The fourth-order valence-corrected chi connectivity index (χ4v) is 1.60. The zero-order valence-electron chi connectivity index (χ0n) is 9.29. The van der Waals surface area contributed by atoms with Gasteiger partial charge in [0.2, 0.25) is 0 Å². The normalized spacial score (nSPS) is 10.3. The molecule has 0 bridgehead atoms. The van der Waals surface area contributed by atoms with Crippen molar-refractivity contribution in [2.75, 3.05) is 5.73 Å². The van der Waals surface area contributed by atoms with Crippen molar-refractivity contribution >= 4 is 23.3 Å². The molecule has 2 aromatic rings. The van der Waals surface area contributed by atoms with Crippen LogP contribution < -0.4 is 10.5 Å². The third kappa shape index (κ3) is 2.35. The average molecular weight is 269 g/mol. The molecule has 94 valence electrons. The van der Waals surface area contributed by atoms with Crippen LogP contribution in [0, 0.1) is 0 Å². The molecule has 0 saturated carbocycles. The first-order valence-electron chi connectivity index (χ1n) is 4.83. The molecule has 0 atom stereocenters. The number of aromatic nitrogens is 3. The third-order valence-electron chi connectivity index (χ3n) is 2.07. The first-order valence-corrected chi connectivity index (χ1v) is 5.21. The maximum Gasteiger partial charge on any atom is 0.341 e. The minimum atomic E-state index is -1.20. The lowest BCUT2D eigenvalue weighted by Gasteiger charge is -2.08. The predicted octanol–water partition coefficient (Wildman–Crippen LogP) is 1.54. The Kier molecular flexibility index (Phi) is 3.07. The second kappa shape index (κ2) is 4.53. The minimum Gasteiger partial charge on any atom is -0.478 e. The number of hydrogen-bond acceptors (Lipinski definition) is 5. The number of carboxylic acid groups (broad SMARTS) is 1. The molecule has 8 heteroatoms. The van der Waals surface area contributed by atoms with Crippen molar-refractivity contribution in [2.24, 2.45) is 7.05 Å². The standard InChI is InChI=1S/C10H9ClN4O3/c1-15-4-13-10(14-15)18-8-6(9(16)17)2-5(12)3-7(8)11/h2-4H,12H2,1H3,(H,16,17). The highest BCUT2D eigenvalue weighted by molar-refractivity contribution is 6.33. The van der Waals surface area contributed by atoms with Crippen LogP contribution in [0.4, 0.5) is 5.69 Å². The molecule has 0 radical (unpaired) electrons. The summed E-state index contributed by atoms with van der Waals surface area (Å²) >= 11 is 5.90. The van der Waals surface area contributed by atoms with Gasteiger partial charge in [-0.3, -0.25) is 4.68 Å². The lowest BCUT2D eigenvalue weighted by molar-refractivity contribution is 0.0694. The molecule has 0 unspecified atom stereocenters. The number of halogens is 1. The van der Waals surface area contributed by atoms with Crippen LogP contribution in [0.15, 0.2) is 18.5 Å². The van der Waals surface area contributed by atoms with Crippen LogP contribution in [0.5, 0.6) is 11.8 Å². The van der Waals surface area contributed by atoms with Crippen molar-refractivity contribution in [1.82, 2.24) is 14.8 Å². The fourth-order valence-electron chi connectivity index (χ4n) is 1.33. The Labute approximate surface area is 107 Å². The molecule has 0 amide bonds. The van der Waals surface area contributed by atoms with E-state index < -0.39 is 5.97 Å². The van der Waals surface area contributed by atoms with E-state index in [0.717, 1.165) is 0 Å². The van der Waals surface area contributed by atoms with Gasteiger partial charge in [-0.15, -0.1) is 5.10 Å². The van der Waals surface area contributed by atoms with E-state index in [2.05, 4.69) is 10.1 Å². The summed E-state index contributed by atoms with van der Waals surface area (Å²) in [6.07, 6.45) is 1.42. The summed E-state index contributed by atoms with van der Waals surface area (Å²) in [5.74, 6) is -1.24. The number of carbonyl (C=O) groups is 1. The molecular weight excluding hydrogens is 260 g/mol. The monoisotopic (exact) mass is 268 g/mol. The number of ether oxygens (including phenoxy) is 1. The predicted molar refractivity (Wildman–Crippen MR) is 63.9 cm³/mol. The van der Waals surface area contributed by atoms with E-state index in [0.29, 0.717) is 0 Å². The van der Waals surface area contributed by atoms with Gasteiger partial charge in [-0.1, -0.05) is 11.6 Å². The van der Waals surface area contributed by atoms with Crippen molar-refractivity contribution < 1.29 is 14.6 Å². The molecule has 0 aliphatic heterocycles. The van der Waals surface area contributed by atoms with Crippen molar-refractivity contribution in [3.05, 3.63) is 29.0 Å². The number of nitrogen functional groups attached to an aromatic ring is 1. The van der Waals surface area contributed by atoms with Crippen LogP contribution in [0.3, 0.4) is 0 Å². The van der Waals surface area contributed by atoms with Crippen molar-refractivity contribution in [2.45, 2.75) is 0 Å². The molecule has 1 aromatic heterocycles. The van der Waals surface area contributed by atoms with Crippen LogP contribution in [-0.2, 0) is 7.05 Å². The zero-order chi connectivity index (χ0) is 13.3. The smallest absolute Gasteiger partial charge is 0.341 e. The molecule has 3 N–H and O–H groups in total. The highest BCUT2D eigenvalue weighted by Crippen LogP contribution is 2.33. The molecule has 0 aliphatic carbocycles. The van der Waals surface area contributed by atoms with Crippen LogP contribution in [-0.4, -0.2) is 25.8 Å². The summed E-state index contributed by atoms with van der Waals surface area (Å²) in [4.78, 5) is 14.9. The highest BCUT2D eigenvalue weighted by atomic mass is 35.5. The average Bonchev–Trinajstić information content (AvgIpc) is 2.67. The molecule has 1 aromatic carbocycles. The second-order valence-corrected chi connectivity index (χ2v) is 3.89. The fraction of sp³-hybridized carbons (Fsp3) is 0.100.